The molecule has 0 bridgehead atoms. The minimum atomic E-state index is -0.971. The lowest BCUT2D eigenvalue weighted by Gasteiger charge is -2.25. The number of carboxylic acid groups (broad SMARTS) is 1. The molecule has 2 atom stereocenters. The fourth-order valence-electron chi connectivity index (χ4n) is 2.74. The summed E-state index contributed by atoms with van der Waals surface area (Å²) in [5.74, 6) is -0.957. The van der Waals surface area contributed by atoms with E-state index in [4.69, 9.17) is 9.52 Å². The Hall–Kier alpha value is -2.02. The van der Waals surface area contributed by atoms with E-state index in [2.05, 4.69) is 24.1 Å². The summed E-state index contributed by atoms with van der Waals surface area (Å²) >= 11 is 1.40. The van der Waals surface area contributed by atoms with Gasteiger partial charge >= 0.3 is 5.97 Å². The zero-order valence-corrected chi connectivity index (χ0v) is 16.1. The highest BCUT2D eigenvalue weighted by Crippen LogP contribution is 2.32. The van der Waals surface area contributed by atoms with Gasteiger partial charge < -0.3 is 14.8 Å². The minimum Gasteiger partial charge on any atom is -0.481 e. The number of carbonyl (C=O) groups excluding carboxylic acids is 1. The molecule has 2 unspecified atom stereocenters. The van der Waals surface area contributed by atoms with Gasteiger partial charge in [0.1, 0.15) is 5.52 Å². The molecule has 142 valence electrons. The molecule has 6 nitrogen and oxygen atoms in total. The van der Waals surface area contributed by atoms with Crippen molar-refractivity contribution >= 4 is 34.7 Å². The number of para-hydroxylation sites is 2. The summed E-state index contributed by atoms with van der Waals surface area (Å²) in [4.78, 5) is 27.4. The number of nitrogens with zero attached hydrogens (tertiary/aromatic N) is 1. The quantitative estimate of drug-likeness (QED) is 0.443. The molecule has 0 saturated carbocycles. The van der Waals surface area contributed by atoms with Crippen LogP contribution in [0.1, 0.15) is 52.4 Å². The number of hydrogen-bond acceptors (Lipinski definition) is 5. The Morgan fingerprint density at radius 1 is 1.27 bits per heavy atom. The van der Waals surface area contributed by atoms with Crippen molar-refractivity contribution in [1.29, 1.82) is 0 Å². The molecule has 0 aliphatic rings. The standard InChI is InChI=1S/C19H26N2O4S/c1-3-5-8-13(4-2)18(21-16(22)11-12-17(23)24)26-19-20-14-9-6-7-10-15(14)25-19/h6-7,9-10,13,18H,3-5,8,11-12H2,1-2H3,(H,21,22)(H,23,24). The number of carbonyl (C=O) groups is 2. The van der Waals surface area contributed by atoms with Gasteiger partial charge in [0.05, 0.1) is 11.8 Å². The molecule has 2 aromatic rings. The van der Waals surface area contributed by atoms with E-state index in [0.717, 1.165) is 31.2 Å². The smallest absolute Gasteiger partial charge is 0.303 e. The van der Waals surface area contributed by atoms with Gasteiger partial charge in [-0.25, -0.2) is 4.98 Å². The van der Waals surface area contributed by atoms with Crippen molar-refractivity contribution in [2.45, 2.75) is 63.0 Å². The van der Waals surface area contributed by atoms with Gasteiger partial charge in [-0.3, -0.25) is 9.59 Å². The van der Waals surface area contributed by atoms with Gasteiger partial charge in [0, 0.05) is 6.42 Å². The molecule has 0 fully saturated rings. The number of nitrogens with one attached hydrogen (secondary N) is 1. The Balaban J connectivity index is 2.12. The summed E-state index contributed by atoms with van der Waals surface area (Å²) in [5.41, 5.74) is 1.50. The molecule has 0 spiro atoms. The topological polar surface area (TPSA) is 92.4 Å². The summed E-state index contributed by atoms with van der Waals surface area (Å²) in [5, 5.41) is 12.1. The van der Waals surface area contributed by atoms with Crippen LogP contribution in [0.3, 0.4) is 0 Å². The highest BCUT2D eigenvalue weighted by atomic mass is 32.2. The van der Waals surface area contributed by atoms with E-state index in [9.17, 15) is 9.59 Å². The van der Waals surface area contributed by atoms with Gasteiger partial charge in [-0.2, -0.15) is 0 Å². The first-order chi connectivity index (χ1) is 12.5. The fourth-order valence-corrected chi connectivity index (χ4v) is 3.96. The highest BCUT2D eigenvalue weighted by molar-refractivity contribution is 7.99. The second kappa shape index (κ2) is 10.2. The Morgan fingerprint density at radius 3 is 2.69 bits per heavy atom. The van der Waals surface area contributed by atoms with Crippen LogP contribution in [0.5, 0.6) is 0 Å². The van der Waals surface area contributed by atoms with E-state index < -0.39 is 5.97 Å². The Bertz CT molecular complexity index is 698. The molecular formula is C19H26N2O4S. The zero-order chi connectivity index (χ0) is 18.9. The van der Waals surface area contributed by atoms with Crippen LogP contribution in [-0.2, 0) is 9.59 Å². The molecule has 0 aliphatic carbocycles. The number of fused-ring (bicyclic) bond motifs is 1. The maximum atomic E-state index is 12.2. The van der Waals surface area contributed by atoms with Crippen LogP contribution in [0.25, 0.3) is 11.1 Å². The molecule has 1 heterocycles. The molecule has 0 radical (unpaired) electrons. The van der Waals surface area contributed by atoms with Crippen molar-refractivity contribution in [1.82, 2.24) is 10.3 Å². The lowest BCUT2D eigenvalue weighted by atomic mass is 9.99. The minimum absolute atomic E-state index is 0.0236. The number of rotatable bonds is 11. The van der Waals surface area contributed by atoms with Gasteiger partial charge in [0.15, 0.2) is 5.58 Å². The Morgan fingerprint density at radius 2 is 2.04 bits per heavy atom. The molecule has 2 rings (SSSR count). The number of benzene rings is 1. The van der Waals surface area contributed by atoms with Gasteiger partial charge in [-0.1, -0.05) is 45.2 Å². The normalized spacial score (nSPS) is 13.5. The first-order valence-electron chi connectivity index (χ1n) is 9.06. The lowest BCUT2D eigenvalue weighted by Crippen LogP contribution is -2.38. The number of thioether (sulfide) groups is 1. The second-order valence-electron chi connectivity index (χ2n) is 6.26. The molecule has 0 aliphatic heterocycles. The number of carboxylic acids is 1. The number of aromatic nitrogens is 1. The predicted molar refractivity (Wildman–Crippen MR) is 102 cm³/mol. The molecule has 0 saturated heterocycles. The number of amides is 1. The predicted octanol–water partition coefficient (Wildman–Crippen LogP) is 4.44. The number of oxazole rings is 1. The molecule has 26 heavy (non-hydrogen) atoms. The maximum absolute atomic E-state index is 12.2. The Labute approximate surface area is 157 Å². The highest BCUT2D eigenvalue weighted by Gasteiger charge is 2.25. The third-order valence-corrected chi connectivity index (χ3v) is 5.39. The molecule has 1 aromatic carbocycles. The first-order valence-corrected chi connectivity index (χ1v) is 9.94. The third kappa shape index (κ3) is 6.05. The SMILES string of the molecule is CCCCC(CC)C(NC(=O)CCC(=O)O)Sc1nc2ccccc2o1. The summed E-state index contributed by atoms with van der Waals surface area (Å²) in [6.45, 7) is 4.24. The second-order valence-corrected chi connectivity index (χ2v) is 7.35. The first kappa shape index (κ1) is 20.3. The van der Waals surface area contributed by atoms with Crippen LogP contribution in [0.2, 0.25) is 0 Å². The molecule has 1 amide bonds. The molecular weight excluding hydrogens is 352 g/mol. The van der Waals surface area contributed by atoms with Crippen LogP contribution in [-0.4, -0.2) is 27.3 Å². The molecule has 7 heteroatoms. The summed E-state index contributed by atoms with van der Waals surface area (Å²) in [6.07, 6.45) is 3.88. The van der Waals surface area contributed by atoms with E-state index in [1.807, 2.05) is 24.3 Å². The number of aliphatic carboxylic acids is 1. The van der Waals surface area contributed by atoms with Crippen LogP contribution in [0.15, 0.2) is 33.9 Å². The van der Waals surface area contributed by atoms with E-state index in [1.54, 1.807) is 0 Å². The maximum Gasteiger partial charge on any atom is 0.303 e. The van der Waals surface area contributed by atoms with E-state index in [1.165, 1.54) is 11.8 Å². The average molecular weight is 378 g/mol. The Kier molecular flexibility index (Phi) is 7.97. The van der Waals surface area contributed by atoms with Gasteiger partial charge in [-0.05, 0) is 36.2 Å². The van der Waals surface area contributed by atoms with E-state index in [-0.39, 0.29) is 30.0 Å². The monoisotopic (exact) mass is 378 g/mol. The summed E-state index contributed by atoms with van der Waals surface area (Å²) < 4.78 is 5.78. The van der Waals surface area contributed by atoms with Crippen molar-refractivity contribution in [3.8, 4) is 0 Å². The van der Waals surface area contributed by atoms with Gasteiger partial charge in [0.25, 0.3) is 5.22 Å². The largest absolute Gasteiger partial charge is 0.481 e. The third-order valence-electron chi connectivity index (χ3n) is 4.25. The number of unbranched alkanes of at least 4 members (excludes halogenated alkanes) is 1. The molecule has 2 N–H and O–H groups in total. The summed E-state index contributed by atoms with van der Waals surface area (Å²) in [7, 11) is 0. The van der Waals surface area contributed by atoms with Crippen LogP contribution in [0.4, 0.5) is 0 Å². The summed E-state index contributed by atoms with van der Waals surface area (Å²) in [6, 6.07) is 7.54. The van der Waals surface area contributed by atoms with Crippen LogP contribution < -0.4 is 5.32 Å². The van der Waals surface area contributed by atoms with E-state index in [0.29, 0.717) is 10.8 Å². The van der Waals surface area contributed by atoms with Crippen molar-refractivity contribution in [3.05, 3.63) is 24.3 Å². The van der Waals surface area contributed by atoms with Crippen LogP contribution in [0, 0.1) is 5.92 Å². The van der Waals surface area contributed by atoms with Crippen molar-refractivity contribution < 1.29 is 19.1 Å². The van der Waals surface area contributed by atoms with Crippen molar-refractivity contribution in [3.63, 3.8) is 0 Å². The van der Waals surface area contributed by atoms with Crippen molar-refractivity contribution in [2.75, 3.05) is 0 Å². The fraction of sp³-hybridized carbons (Fsp3) is 0.526. The van der Waals surface area contributed by atoms with Gasteiger partial charge in [0.2, 0.25) is 5.91 Å². The molecule has 1 aromatic heterocycles. The average Bonchev–Trinajstić information content (AvgIpc) is 3.02. The number of hydrogen-bond donors (Lipinski definition) is 2. The van der Waals surface area contributed by atoms with E-state index >= 15 is 0 Å². The lowest BCUT2D eigenvalue weighted by molar-refractivity contribution is -0.138. The van der Waals surface area contributed by atoms with Gasteiger partial charge in [-0.15, -0.1) is 0 Å². The van der Waals surface area contributed by atoms with Crippen molar-refractivity contribution in [2.24, 2.45) is 5.92 Å². The zero-order valence-electron chi connectivity index (χ0n) is 15.2. The van der Waals surface area contributed by atoms with Crippen LogP contribution >= 0.6 is 11.8 Å².